The first-order valence-electron chi connectivity index (χ1n) is 8.92. The topological polar surface area (TPSA) is 81.1 Å². The van der Waals surface area contributed by atoms with Gasteiger partial charge < -0.3 is 25.0 Å². The van der Waals surface area contributed by atoms with Crippen LogP contribution in [-0.2, 0) is 22.7 Å². The number of carbonyl (C=O) groups excluding carboxylic acids is 2. The Bertz CT molecular complexity index is 779. The van der Waals surface area contributed by atoms with Gasteiger partial charge in [0, 0.05) is 11.4 Å². The lowest BCUT2D eigenvalue weighted by molar-refractivity contribution is -0.881. The van der Waals surface area contributed by atoms with Gasteiger partial charge >= 0.3 is 0 Å². The van der Waals surface area contributed by atoms with Gasteiger partial charge in [-0.1, -0.05) is 12.1 Å². The summed E-state index contributed by atoms with van der Waals surface area (Å²) < 4.78 is 10.6. The van der Waals surface area contributed by atoms with Gasteiger partial charge in [-0.15, -0.1) is 11.3 Å². The number of benzene rings is 1. The van der Waals surface area contributed by atoms with E-state index in [0.717, 1.165) is 21.1 Å². The minimum absolute atomic E-state index is 0.0520. The molecule has 1 aliphatic rings. The number of likely N-dealkylation sites (N-methyl/N-ethyl adjacent to an activating group) is 1. The van der Waals surface area contributed by atoms with Gasteiger partial charge in [-0.2, -0.15) is 0 Å². The molecule has 0 saturated carbocycles. The molecule has 0 radical (unpaired) electrons. The van der Waals surface area contributed by atoms with Crippen LogP contribution >= 0.6 is 11.3 Å². The summed E-state index contributed by atoms with van der Waals surface area (Å²) in [6.45, 7) is 4.37. The molecule has 1 atom stereocenters. The van der Waals surface area contributed by atoms with Crippen molar-refractivity contribution in [2.24, 2.45) is 0 Å². The lowest BCUT2D eigenvalue weighted by Gasteiger charge is -2.17. The fourth-order valence-electron chi connectivity index (χ4n) is 2.74. The van der Waals surface area contributed by atoms with E-state index in [0.29, 0.717) is 25.4 Å². The van der Waals surface area contributed by atoms with Crippen LogP contribution in [-0.4, -0.2) is 38.2 Å². The van der Waals surface area contributed by atoms with Crippen molar-refractivity contribution >= 4 is 23.2 Å². The van der Waals surface area contributed by atoms with E-state index in [4.69, 9.17) is 9.47 Å². The third kappa shape index (κ3) is 5.70. The largest absolute Gasteiger partial charge is 0.454 e. The Hall–Kier alpha value is -2.58. The molecule has 144 valence electrons. The van der Waals surface area contributed by atoms with Crippen molar-refractivity contribution in [2.45, 2.75) is 20.0 Å². The molecule has 8 heteroatoms. The van der Waals surface area contributed by atoms with Crippen LogP contribution in [0, 0.1) is 0 Å². The third-order valence-corrected chi connectivity index (χ3v) is 5.16. The maximum Gasteiger partial charge on any atom is 0.275 e. The minimum Gasteiger partial charge on any atom is -0.454 e. The van der Waals surface area contributed by atoms with E-state index in [9.17, 15) is 9.59 Å². The average Bonchev–Trinajstić information content (AvgIpc) is 3.35. The molecule has 7 nitrogen and oxygen atoms in total. The normalized spacial score (nSPS) is 13.2. The molecule has 1 aliphatic heterocycles. The lowest BCUT2D eigenvalue weighted by atomic mass is 10.2. The number of fused-ring (bicyclic) bond motifs is 1. The molecule has 0 aliphatic carbocycles. The molecule has 3 rings (SSSR count). The molecule has 2 amide bonds. The number of amides is 2. The molecule has 0 saturated heterocycles. The van der Waals surface area contributed by atoms with Gasteiger partial charge in [0.05, 0.1) is 13.1 Å². The molecule has 0 spiro atoms. The number of rotatable bonds is 9. The Morgan fingerprint density at radius 1 is 1.07 bits per heavy atom. The zero-order valence-corrected chi connectivity index (χ0v) is 16.1. The Balaban J connectivity index is 1.40. The molecule has 0 fully saturated rings. The summed E-state index contributed by atoms with van der Waals surface area (Å²) in [6.07, 6.45) is 0. The van der Waals surface area contributed by atoms with Crippen molar-refractivity contribution in [3.8, 4) is 11.5 Å². The maximum absolute atomic E-state index is 12.2. The fraction of sp³-hybridized carbons (Fsp3) is 0.368. The second kappa shape index (κ2) is 9.38. The lowest BCUT2D eigenvalue weighted by Crippen LogP contribution is -3.14. The number of hydrogen-bond acceptors (Lipinski definition) is 5. The highest BCUT2D eigenvalue weighted by molar-refractivity contribution is 7.09. The Morgan fingerprint density at radius 2 is 1.81 bits per heavy atom. The summed E-state index contributed by atoms with van der Waals surface area (Å²) in [6, 6.07) is 9.55. The quantitative estimate of drug-likeness (QED) is 0.576. The van der Waals surface area contributed by atoms with Crippen molar-refractivity contribution in [3.63, 3.8) is 0 Å². The molecule has 1 aromatic heterocycles. The van der Waals surface area contributed by atoms with Gasteiger partial charge in [0.2, 0.25) is 6.79 Å². The van der Waals surface area contributed by atoms with Gasteiger partial charge in [0.15, 0.2) is 24.6 Å². The van der Waals surface area contributed by atoms with E-state index < -0.39 is 0 Å². The number of ether oxygens (including phenoxy) is 2. The average molecular weight is 390 g/mol. The molecular weight excluding hydrogens is 366 g/mol. The van der Waals surface area contributed by atoms with E-state index >= 15 is 0 Å². The molecule has 1 aromatic carbocycles. The highest BCUT2D eigenvalue weighted by Gasteiger charge is 2.17. The van der Waals surface area contributed by atoms with Crippen LogP contribution in [0.15, 0.2) is 35.7 Å². The smallest absolute Gasteiger partial charge is 0.275 e. The number of carbonyl (C=O) groups is 2. The highest BCUT2D eigenvalue weighted by atomic mass is 32.1. The van der Waals surface area contributed by atoms with E-state index in [-0.39, 0.29) is 31.7 Å². The summed E-state index contributed by atoms with van der Waals surface area (Å²) in [7, 11) is 0. The summed E-state index contributed by atoms with van der Waals surface area (Å²) in [5.74, 6) is 1.28. The van der Waals surface area contributed by atoms with Crippen molar-refractivity contribution in [2.75, 3.05) is 26.4 Å². The van der Waals surface area contributed by atoms with E-state index in [1.807, 2.05) is 42.6 Å². The van der Waals surface area contributed by atoms with Crippen LogP contribution in [0.3, 0.4) is 0 Å². The maximum atomic E-state index is 12.2. The number of nitrogens with one attached hydrogen (secondary N) is 3. The Morgan fingerprint density at radius 3 is 2.52 bits per heavy atom. The molecular formula is C19H24N3O4S+. The zero-order valence-electron chi connectivity index (χ0n) is 15.2. The monoisotopic (exact) mass is 390 g/mol. The van der Waals surface area contributed by atoms with Crippen LogP contribution in [0.25, 0.3) is 0 Å². The molecule has 2 heterocycles. The van der Waals surface area contributed by atoms with Crippen LogP contribution < -0.4 is 25.0 Å². The van der Waals surface area contributed by atoms with E-state index in [1.165, 1.54) is 0 Å². The SMILES string of the molecule is CC[NH+](CC(=O)NCc1ccc2c(c1)OCO2)CC(=O)NCc1cccs1. The summed E-state index contributed by atoms with van der Waals surface area (Å²) in [5.41, 5.74) is 0.944. The predicted molar refractivity (Wildman–Crippen MR) is 102 cm³/mol. The van der Waals surface area contributed by atoms with Crippen molar-refractivity contribution in [1.82, 2.24) is 10.6 Å². The summed E-state index contributed by atoms with van der Waals surface area (Å²) in [5, 5.41) is 7.78. The number of thiophene rings is 1. The predicted octanol–water partition coefficient (Wildman–Crippen LogP) is 0.314. The molecule has 1 unspecified atom stereocenters. The van der Waals surface area contributed by atoms with Gasteiger partial charge in [0.25, 0.3) is 11.8 Å². The standard InChI is InChI=1S/C19H23N3O4S/c1-2-22(12-19(24)21-10-15-4-3-7-27-15)11-18(23)20-9-14-5-6-16-17(8-14)26-13-25-16/h3-8H,2,9-13H2,1H3,(H,20,23)(H,21,24)/p+1. The molecule has 27 heavy (non-hydrogen) atoms. The molecule has 3 N–H and O–H groups in total. The van der Waals surface area contributed by atoms with Crippen molar-refractivity contribution < 1.29 is 24.0 Å². The Kier molecular flexibility index (Phi) is 6.67. The number of hydrogen-bond donors (Lipinski definition) is 3. The zero-order chi connectivity index (χ0) is 19.1. The first kappa shape index (κ1) is 19.2. The summed E-state index contributed by atoms with van der Waals surface area (Å²) in [4.78, 5) is 26.4. The second-order valence-corrected chi connectivity index (χ2v) is 7.31. The van der Waals surface area contributed by atoms with Crippen LogP contribution in [0.1, 0.15) is 17.4 Å². The van der Waals surface area contributed by atoms with Crippen LogP contribution in [0.5, 0.6) is 11.5 Å². The van der Waals surface area contributed by atoms with Gasteiger partial charge in [-0.25, -0.2) is 0 Å². The molecule has 2 aromatic rings. The van der Waals surface area contributed by atoms with Gasteiger partial charge in [-0.3, -0.25) is 9.59 Å². The minimum atomic E-state index is -0.0874. The number of quaternary nitrogens is 1. The van der Waals surface area contributed by atoms with Crippen molar-refractivity contribution in [3.05, 3.63) is 46.2 Å². The van der Waals surface area contributed by atoms with Crippen LogP contribution in [0.4, 0.5) is 0 Å². The van der Waals surface area contributed by atoms with Gasteiger partial charge in [-0.05, 0) is 36.1 Å². The fourth-order valence-corrected chi connectivity index (χ4v) is 3.39. The third-order valence-electron chi connectivity index (χ3n) is 4.29. The Labute approximate surface area is 162 Å². The van der Waals surface area contributed by atoms with Gasteiger partial charge in [0.1, 0.15) is 0 Å². The first-order valence-corrected chi connectivity index (χ1v) is 9.80. The van der Waals surface area contributed by atoms with Crippen LogP contribution in [0.2, 0.25) is 0 Å². The molecule has 0 bridgehead atoms. The van der Waals surface area contributed by atoms with E-state index in [1.54, 1.807) is 11.3 Å². The first-order chi connectivity index (χ1) is 13.1. The van der Waals surface area contributed by atoms with Crippen molar-refractivity contribution in [1.29, 1.82) is 0 Å². The van der Waals surface area contributed by atoms with E-state index in [2.05, 4.69) is 10.6 Å². The summed E-state index contributed by atoms with van der Waals surface area (Å²) >= 11 is 1.61. The second-order valence-electron chi connectivity index (χ2n) is 6.28. The highest BCUT2D eigenvalue weighted by Crippen LogP contribution is 2.32.